The van der Waals surface area contributed by atoms with Crippen molar-refractivity contribution in [3.8, 4) is 0 Å². The monoisotopic (exact) mass is 518 g/mol. The van der Waals surface area contributed by atoms with Crippen LogP contribution in [-0.2, 0) is 25.8 Å². The van der Waals surface area contributed by atoms with Crippen LogP contribution < -0.4 is 0 Å². The summed E-state index contributed by atoms with van der Waals surface area (Å²) in [6.45, 7) is 20.9. The minimum absolute atomic E-state index is 0. The van der Waals surface area contributed by atoms with E-state index in [0.29, 0.717) is 23.8 Å². The number of rotatable bonds is 0. The van der Waals surface area contributed by atoms with E-state index in [2.05, 4.69) is 60.0 Å². The summed E-state index contributed by atoms with van der Waals surface area (Å²) in [6, 6.07) is 0. The largest absolute Gasteiger partial charge is 0.362 e. The van der Waals surface area contributed by atoms with Gasteiger partial charge in [0.05, 0.1) is 0 Å². The van der Waals surface area contributed by atoms with Crippen molar-refractivity contribution in [2.75, 3.05) is 66.6 Å². The molecule has 1 rings (SSSR count). The molecule has 1 unspecified atom stereocenters. The first-order valence-electron chi connectivity index (χ1n) is 6.18. The second kappa shape index (κ2) is 22.5. The van der Waals surface area contributed by atoms with Crippen LogP contribution in [0.15, 0.2) is 0 Å². The van der Waals surface area contributed by atoms with E-state index in [1.807, 2.05) is 0 Å². The number of hydrogen-bond acceptors (Lipinski definition) is 1. The first-order valence-corrected chi connectivity index (χ1v) is 14.7. The van der Waals surface area contributed by atoms with Crippen molar-refractivity contribution in [2.45, 2.75) is 18.4 Å². The Morgan fingerprint density at radius 1 is 0.789 bits per heavy atom. The minimum atomic E-state index is 0. The van der Waals surface area contributed by atoms with E-state index >= 15 is 0 Å². The molecular weight excluding hydrogens is 484 g/mol. The summed E-state index contributed by atoms with van der Waals surface area (Å²) in [7, 11) is 1.14. The molecule has 0 aromatic carbocycles. The maximum Gasteiger partial charge on any atom is 0.131 e. The fourth-order valence-electron chi connectivity index (χ4n) is 0.538. The molecule has 6 heteroatoms. The van der Waals surface area contributed by atoms with Crippen LogP contribution in [0.5, 0.6) is 0 Å². The molecule has 0 radical (unpaired) electrons. The van der Waals surface area contributed by atoms with E-state index < -0.39 is 0 Å². The van der Waals surface area contributed by atoms with E-state index in [-0.39, 0.29) is 26.6 Å². The van der Waals surface area contributed by atoms with Gasteiger partial charge in [-0.3, -0.25) is 0 Å². The zero-order chi connectivity index (χ0) is 15.1. The van der Waals surface area contributed by atoms with E-state index in [1.54, 1.807) is 0 Å². The van der Waals surface area contributed by atoms with Crippen molar-refractivity contribution >= 4 is 35.4 Å². The van der Waals surface area contributed by atoms with Gasteiger partial charge in [-0.1, -0.05) is 11.6 Å². The molecule has 0 N–H and O–H groups in total. The van der Waals surface area contributed by atoms with Gasteiger partial charge in [-0.05, 0) is 72.8 Å². The maximum atomic E-state index is 5.49. The zero-order valence-corrected chi connectivity index (χ0v) is 20.6. The van der Waals surface area contributed by atoms with Crippen LogP contribution in [0.2, 0.25) is 0 Å². The van der Waals surface area contributed by atoms with Gasteiger partial charge in [0.1, 0.15) is 5.56 Å². The molecule has 0 amide bonds. The predicted molar refractivity (Wildman–Crippen MR) is 98.9 cm³/mol. The summed E-state index contributed by atoms with van der Waals surface area (Å²) in [5.74, 6) is 0. The van der Waals surface area contributed by atoms with Crippen molar-refractivity contribution in [3.63, 3.8) is 0 Å². The van der Waals surface area contributed by atoms with Gasteiger partial charge in [-0.25, -0.2) is 0 Å². The summed E-state index contributed by atoms with van der Waals surface area (Å²) in [5, 5.41) is 0. The third kappa shape index (κ3) is 78.9. The summed E-state index contributed by atoms with van der Waals surface area (Å²) in [5.41, 5.74) is 0.0185. The van der Waals surface area contributed by atoms with Crippen LogP contribution >= 0.6 is 35.4 Å². The molecular formula is C13H34ClOP3W. The van der Waals surface area contributed by atoms with Crippen LogP contribution in [0.3, 0.4) is 0 Å². The SMILES string of the molecule is CP(C)C.CP(C)C.CP(C)C.ClC1CCCO1.[W]. The van der Waals surface area contributed by atoms with E-state index in [9.17, 15) is 0 Å². The van der Waals surface area contributed by atoms with Gasteiger partial charge in [0, 0.05) is 27.7 Å². The molecule has 19 heavy (non-hydrogen) atoms. The predicted octanol–water partition coefficient (Wildman–Crippen LogP) is 5.43. The summed E-state index contributed by atoms with van der Waals surface area (Å²) in [6.07, 6.45) is 2.16. The van der Waals surface area contributed by atoms with Gasteiger partial charge in [0.2, 0.25) is 0 Å². The molecule has 0 aromatic rings. The summed E-state index contributed by atoms with van der Waals surface area (Å²) >= 11 is 5.49. The Bertz CT molecular complexity index is 121. The first-order chi connectivity index (χ1) is 8.09. The van der Waals surface area contributed by atoms with Crippen LogP contribution in [0.4, 0.5) is 0 Å². The molecule has 1 fully saturated rings. The number of ether oxygens (including phenoxy) is 1. The second-order valence-corrected chi connectivity index (χ2v) is 14.0. The first kappa shape index (κ1) is 29.3. The molecule has 0 aromatic heterocycles. The third-order valence-electron chi connectivity index (χ3n) is 0.874. The average molecular weight is 519 g/mol. The van der Waals surface area contributed by atoms with E-state index in [1.165, 1.54) is 0 Å². The Morgan fingerprint density at radius 2 is 1.05 bits per heavy atom. The van der Waals surface area contributed by atoms with Gasteiger partial charge in [-0.15, -0.1) is 23.8 Å². The van der Waals surface area contributed by atoms with Gasteiger partial charge in [0.25, 0.3) is 0 Å². The standard InChI is InChI=1S/C4H7ClO.3C3H9P.W/c5-4-2-1-3-6-4;3*1-4(2)3;/h4H,1-3H2;3*1-3H3;. The molecule has 1 aliphatic rings. The van der Waals surface area contributed by atoms with Gasteiger partial charge in [0.15, 0.2) is 0 Å². The Kier molecular flexibility index (Phi) is 34.7. The Labute approximate surface area is 145 Å². The Hall–Kier alpha value is 2.23. The van der Waals surface area contributed by atoms with Crippen molar-refractivity contribution in [1.29, 1.82) is 0 Å². The van der Waals surface area contributed by atoms with Crippen molar-refractivity contribution in [3.05, 3.63) is 0 Å². The molecule has 1 heterocycles. The van der Waals surface area contributed by atoms with Crippen LogP contribution in [0, 0.1) is 0 Å². The third-order valence-corrected chi connectivity index (χ3v) is 1.22. The number of halogens is 1. The zero-order valence-electron chi connectivity index (χ0n) is 14.2. The molecule has 1 aliphatic heterocycles. The second-order valence-electron chi connectivity index (χ2n) is 5.45. The normalized spacial score (nSPS) is 16.6. The van der Waals surface area contributed by atoms with Gasteiger partial charge in [-0.2, -0.15) is 0 Å². The summed E-state index contributed by atoms with van der Waals surface area (Å²) < 4.78 is 4.92. The Balaban J connectivity index is -0.0000000796. The fraction of sp³-hybridized carbons (Fsp3) is 1.00. The quantitative estimate of drug-likeness (QED) is 0.307. The van der Waals surface area contributed by atoms with Gasteiger partial charge < -0.3 is 4.74 Å². The maximum absolute atomic E-state index is 5.49. The molecule has 1 nitrogen and oxygen atoms in total. The van der Waals surface area contributed by atoms with Crippen LogP contribution in [0.1, 0.15) is 12.8 Å². The minimum Gasteiger partial charge on any atom is -0.362 e. The van der Waals surface area contributed by atoms with Gasteiger partial charge >= 0.3 is 0 Å². The number of hydrogen-bond donors (Lipinski definition) is 0. The summed E-state index contributed by atoms with van der Waals surface area (Å²) in [4.78, 5) is 0. The van der Waals surface area contributed by atoms with Crippen LogP contribution in [-0.4, -0.2) is 72.2 Å². The molecule has 0 aliphatic carbocycles. The molecule has 1 atom stereocenters. The molecule has 1 saturated heterocycles. The smallest absolute Gasteiger partial charge is 0.131 e. The average Bonchev–Trinajstić information content (AvgIpc) is 2.51. The van der Waals surface area contributed by atoms with E-state index in [0.717, 1.165) is 19.4 Å². The van der Waals surface area contributed by atoms with Crippen molar-refractivity contribution in [1.82, 2.24) is 0 Å². The topological polar surface area (TPSA) is 9.23 Å². The van der Waals surface area contributed by atoms with Crippen molar-refractivity contribution < 1.29 is 25.8 Å². The van der Waals surface area contributed by atoms with E-state index in [4.69, 9.17) is 16.3 Å². The molecule has 0 spiro atoms. The Morgan fingerprint density at radius 3 is 1.11 bits per heavy atom. The van der Waals surface area contributed by atoms with Crippen LogP contribution in [0.25, 0.3) is 0 Å². The fourth-order valence-corrected chi connectivity index (χ4v) is 0.782. The molecule has 120 valence electrons. The molecule has 0 bridgehead atoms. The number of alkyl halides is 1. The van der Waals surface area contributed by atoms with Crippen molar-refractivity contribution in [2.24, 2.45) is 0 Å². The molecule has 0 saturated carbocycles.